The zero-order chi connectivity index (χ0) is 13.6. The van der Waals surface area contributed by atoms with Crippen LogP contribution in [0.2, 0.25) is 0 Å². The summed E-state index contributed by atoms with van der Waals surface area (Å²) in [4.78, 5) is 19.4. The Bertz CT molecular complexity index is 829. The largest absolute Gasteiger partial charge is 0.306 e. The number of benzene rings is 1. The maximum Gasteiger partial charge on any atom is 0.259 e. The standard InChI is InChI=1S/C14H14N4O/c1-8-4-11-12(5-9(8)2)16-13(17-14(11)19)10-6-15-18(3)7-10/h4-7H,1-3H3,(H,16,17,19). The van der Waals surface area contributed by atoms with E-state index in [0.29, 0.717) is 16.7 Å². The van der Waals surface area contributed by atoms with Gasteiger partial charge in [-0.3, -0.25) is 9.48 Å². The first-order valence-corrected chi connectivity index (χ1v) is 6.05. The Kier molecular flexibility index (Phi) is 2.48. The number of hydrogen-bond acceptors (Lipinski definition) is 3. The molecule has 96 valence electrons. The zero-order valence-electron chi connectivity index (χ0n) is 11.1. The molecule has 1 aromatic carbocycles. The highest BCUT2D eigenvalue weighted by Crippen LogP contribution is 2.18. The van der Waals surface area contributed by atoms with Crippen molar-refractivity contribution in [2.75, 3.05) is 0 Å². The third-order valence-electron chi connectivity index (χ3n) is 3.30. The molecule has 0 radical (unpaired) electrons. The minimum Gasteiger partial charge on any atom is -0.306 e. The average Bonchev–Trinajstić information content (AvgIpc) is 2.78. The fourth-order valence-corrected chi connectivity index (χ4v) is 2.08. The summed E-state index contributed by atoms with van der Waals surface area (Å²) >= 11 is 0. The third-order valence-corrected chi connectivity index (χ3v) is 3.30. The maximum absolute atomic E-state index is 12.1. The summed E-state index contributed by atoms with van der Waals surface area (Å²) in [6, 6.07) is 3.82. The molecule has 0 atom stereocenters. The SMILES string of the molecule is Cc1cc2nc(-c3cnn(C)c3)[nH]c(=O)c2cc1C. The van der Waals surface area contributed by atoms with E-state index in [-0.39, 0.29) is 5.56 Å². The van der Waals surface area contributed by atoms with Gasteiger partial charge in [0.2, 0.25) is 0 Å². The molecule has 0 saturated carbocycles. The van der Waals surface area contributed by atoms with E-state index < -0.39 is 0 Å². The molecule has 19 heavy (non-hydrogen) atoms. The van der Waals surface area contributed by atoms with E-state index in [4.69, 9.17) is 0 Å². The van der Waals surface area contributed by atoms with Gasteiger partial charge in [-0.25, -0.2) is 4.98 Å². The first-order valence-electron chi connectivity index (χ1n) is 6.05. The number of aryl methyl sites for hydroxylation is 3. The number of nitrogens with one attached hydrogen (secondary N) is 1. The second-order valence-electron chi connectivity index (χ2n) is 4.77. The summed E-state index contributed by atoms with van der Waals surface area (Å²) in [5.41, 5.74) is 3.62. The van der Waals surface area contributed by atoms with E-state index in [2.05, 4.69) is 15.1 Å². The molecule has 0 spiro atoms. The Labute approximate surface area is 109 Å². The number of aromatic amines is 1. The quantitative estimate of drug-likeness (QED) is 0.721. The number of fused-ring (bicyclic) bond motifs is 1. The van der Waals surface area contributed by atoms with E-state index in [1.807, 2.05) is 39.2 Å². The van der Waals surface area contributed by atoms with Gasteiger partial charge in [0, 0.05) is 13.2 Å². The topological polar surface area (TPSA) is 63.6 Å². The second-order valence-corrected chi connectivity index (χ2v) is 4.77. The molecule has 0 amide bonds. The molecule has 0 saturated heterocycles. The van der Waals surface area contributed by atoms with Gasteiger partial charge >= 0.3 is 0 Å². The van der Waals surface area contributed by atoms with Gasteiger partial charge in [-0.2, -0.15) is 5.10 Å². The molecule has 0 aliphatic heterocycles. The molecule has 3 rings (SSSR count). The van der Waals surface area contributed by atoms with Crippen molar-refractivity contribution in [1.29, 1.82) is 0 Å². The van der Waals surface area contributed by atoms with E-state index in [1.165, 1.54) is 0 Å². The molecule has 0 aliphatic carbocycles. The van der Waals surface area contributed by atoms with Crippen LogP contribution in [0.4, 0.5) is 0 Å². The Morgan fingerprint density at radius 1 is 1.21 bits per heavy atom. The lowest BCUT2D eigenvalue weighted by atomic mass is 10.1. The third kappa shape index (κ3) is 1.93. The van der Waals surface area contributed by atoms with Crippen LogP contribution in [-0.4, -0.2) is 19.7 Å². The van der Waals surface area contributed by atoms with Crippen molar-refractivity contribution in [1.82, 2.24) is 19.7 Å². The molecule has 0 fully saturated rings. The minimum atomic E-state index is -0.119. The highest BCUT2D eigenvalue weighted by molar-refractivity contribution is 5.81. The molecule has 1 N–H and O–H groups in total. The molecule has 2 heterocycles. The molecule has 0 unspecified atom stereocenters. The normalized spacial score (nSPS) is 11.1. The molecule has 2 aromatic heterocycles. The number of nitrogens with zero attached hydrogens (tertiary/aromatic N) is 3. The van der Waals surface area contributed by atoms with Crippen LogP contribution in [-0.2, 0) is 7.05 Å². The molecule has 3 aromatic rings. The Morgan fingerprint density at radius 2 is 1.95 bits per heavy atom. The van der Waals surface area contributed by atoms with E-state index >= 15 is 0 Å². The van der Waals surface area contributed by atoms with Crippen LogP contribution < -0.4 is 5.56 Å². The van der Waals surface area contributed by atoms with Gasteiger partial charge < -0.3 is 4.98 Å². The minimum absolute atomic E-state index is 0.119. The first-order chi connectivity index (χ1) is 9.04. The van der Waals surface area contributed by atoms with Crippen LogP contribution in [0.5, 0.6) is 0 Å². The summed E-state index contributed by atoms with van der Waals surface area (Å²) < 4.78 is 1.68. The lowest BCUT2D eigenvalue weighted by Crippen LogP contribution is -2.10. The van der Waals surface area contributed by atoms with E-state index in [9.17, 15) is 4.79 Å². The van der Waals surface area contributed by atoms with E-state index in [1.54, 1.807) is 10.9 Å². The van der Waals surface area contributed by atoms with Gasteiger partial charge in [0.1, 0.15) is 5.82 Å². The molecule has 5 heteroatoms. The lowest BCUT2D eigenvalue weighted by molar-refractivity contribution is 0.768. The summed E-state index contributed by atoms with van der Waals surface area (Å²) in [5, 5.41) is 4.71. The molecule has 0 bridgehead atoms. The van der Waals surface area contributed by atoms with Gasteiger partial charge in [0.05, 0.1) is 22.7 Å². The van der Waals surface area contributed by atoms with Gasteiger partial charge in [-0.05, 0) is 37.1 Å². The Balaban J connectivity index is 2.30. The predicted octanol–water partition coefficient (Wildman–Crippen LogP) is 1.94. The summed E-state index contributed by atoms with van der Waals surface area (Å²) in [6.45, 7) is 4.00. The fourth-order valence-electron chi connectivity index (χ4n) is 2.08. The number of hydrogen-bond donors (Lipinski definition) is 1. The number of rotatable bonds is 1. The number of H-pyrrole nitrogens is 1. The van der Waals surface area contributed by atoms with Crippen LogP contribution in [0.25, 0.3) is 22.3 Å². The van der Waals surface area contributed by atoms with E-state index in [0.717, 1.165) is 16.7 Å². The van der Waals surface area contributed by atoms with Crippen molar-refractivity contribution in [3.8, 4) is 11.4 Å². The lowest BCUT2D eigenvalue weighted by Gasteiger charge is -2.04. The summed E-state index contributed by atoms with van der Waals surface area (Å²) in [7, 11) is 1.83. The molecule has 0 aliphatic rings. The van der Waals surface area contributed by atoms with Crippen LogP contribution in [0, 0.1) is 13.8 Å². The Morgan fingerprint density at radius 3 is 2.63 bits per heavy atom. The molecular formula is C14H14N4O. The fraction of sp³-hybridized carbons (Fsp3) is 0.214. The van der Waals surface area contributed by atoms with Crippen molar-refractivity contribution in [2.45, 2.75) is 13.8 Å². The van der Waals surface area contributed by atoms with Crippen LogP contribution >= 0.6 is 0 Å². The summed E-state index contributed by atoms with van der Waals surface area (Å²) in [6.07, 6.45) is 3.51. The zero-order valence-corrected chi connectivity index (χ0v) is 11.1. The van der Waals surface area contributed by atoms with Gasteiger partial charge in [-0.1, -0.05) is 0 Å². The highest BCUT2D eigenvalue weighted by atomic mass is 16.1. The van der Waals surface area contributed by atoms with Crippen molar-refractivity contribution in [3.05, 3.63) is 46.0 Å². The van der Waals surface area contributed by atoms with Gasteiger partial charge in [-0.15, -0.1) is 0 Å². The predicted molar refractivity (Wildman–Crippen MR) is 74.0 cm³/mol. The van der Waals surface area contributed by atoms with Crippen LogP contribution in [0.15, 0.2) is 29.3 Å². The maximum atomic E-state index is 12.1. The van der Waals surface area contributed by atoms with Crippen molar-refractivity contribution in [2.24, 2.45) is 7.05 Å². The van der Waals surface area contributed by atoms with Crippen LogP contribution in [0.1, 0.15) is 11.1 Å². The monoisotopic (exact) mass is 254 g/mol. The number of aromatic nitrogens is 4. The van der Waals surface area contributed by atoms with Crippen molar-refractivity contribution in [3.63, 3.8) is 0 Å². The van der Waals surface area contributed by atoms with Gasteiger partial charge in [0.15, 0.2) is 0 Å². The second kappa shape index (κ2) is 4.05. The van der Waals surface area contributed by atoms with Crippen molar-refractivity contribution >= 4 is 10.9 Å². The smallest absolute Gasteiger partial charge is 0.259 e. The first kappa shape index (κ1) is 11.6. The average molecular weight is 254 g/mol. The Hall–Kier alpha value is -2.43. The molecule has 5 nitrogen and oxygen atoms in total. The van der Waals surface area contributed by atoms with Gasteiger partial charge in [0.25, 0.3) is 5.56 Å². The molecular weight excluding hydrogens is 240 g/mol. The summed E-state index contributed by atoms with van der Waals surface area (Å²) in [5.74, 6) is 0.550. The van der Waals surface area contributed by atoms with Crippen molar-refractivity contribution < 1.29 is 0 Å². The highest BCUT2D eigenvalue weighted by Gasteiger charge is 2.08. The van der Waals surface area contributed by atoms with Crippen LogP contribution in [0.3, 0.4) is 0 Å².